The molecule has 0 aromatic rings. The summed E-state index contributed by atoms with van der Waals surface area (Å²) in [6.45, 7) is 14.6. The molecule has 3 saturated carbocycles. The van der Waals surface area contributed by atoms with Gasteiger partial charge in [0.15, 0.2) is 0 Å². The van der Waals surface area contributed by atoms with Crippen LogP contribution in [0.15, 0.2) is 11.6 Å². The average Bonchev–Trinajstić information content (AvgIpc) is 2.72. The molecule has 202 valence electrons. The summed E-state index contributed by atoms with van der Waals surface area (Å²) in [6, 6.07) is 0. The Labute approximate surface area is 215 Å². The lowest BCUT2D eigenvalue weighted by molar-refractivity contribution is -0.190. The van der Waals surface area contributed by atoms with Crippen LogP contribution in [0.4, 0.5) is 0 Å². The molecule has 6 heteroatoms. The standard InChI is InChI=1S/C30H46O6/c1-25(2)12-14-30(24(35)36)15-13-28(6)18(19(30)16-25)8-9-21-27(5,17-22(31)32)20(10-11-29(21,28)7)26(3,4)23(33)34/h8,19-21H,9-17H2,1-7H3,(H,31,32)(H,33,34)(H,35,36)/t19?,20-,21?,27-,28+,29+,30-/m0/s1. The number of carbonyl (C=O) groups is 3. The number of aliphatic carboxylic acids is 3. The number of hydrogen-bond donors (Lipinski definition) is 3. The Morgan fingerprint density at radius 1 is 0.944 bits per heavy atom. The molecule has 36 heavy (non-hydrogen) atoms. The molecular weight excluding hydrogens is 456 g/mol. The van der Waals surface area contributed by atoms with Gasteiger partial charge in [0, 0.05) is 0 Å². The molecule has 0 heterocycles. The van der Waals surface area contributed by atoms with Gasteiger partial charge < -0.3 is 15.3 Å². The van der Waals surface area contributed by atoms with Gasteiger partial charge in [-0.25, -0.2) is 0 Å². The second-order valence-corrected chi connectivity index (χ2v) is 14.8. The third-order valence-electron chi connectivity index (χ3n) is 12.3. The molecule has 0 spiro atoms. The van der Waals surface area contributed by atoms with Crippen LogP contribution < -0.4 is 0 Å². The van der Waals surface area contributed by atoms with Crippen molar-refractivity contribution in [1.29, 1.82) is 0 Å². The summed E-state index contributed by atoms with van der Waals surface area (Å²) in [4.78, 5) is 37.3. The van der Waals surface area contributed by atoms with Gasteiger partial charge in [-0.2, -0.15) is 0 Å². The van der Waals surface area contributed by atoms with E-state index in [2.05, 4.69) is 33.8 Å². The van der Waals surface area contributed by atoms with Gasteiger partial charge in [-0.1, -0.05) is 46.3 Å². The van der Waals surface area contributed by atoms with Crippen molar-refractivity contribution in [3.8, 4) is 0 Å². The zero-order valence-corrected chi connectivity index (χ0v) is 23.2. The van der Waals surface area contributed by atoms with Crippen molar-refractivity contribution < 1.29 is 29.7 Å². The molecule has 0 aliphatic heterocycles. The minimum Gasteiger partial charge on any atom is -0.481 e. The Morgan fingerprint density at radius 2 is 1.56 bits per heavy atom. The van der Waals surface area contributed by atoms with E-state index in [0.29, 0.717) is 25.7 Å². The molecule has 4 aliphatic rings. The third-order valence-corrected chi connectivity index (χ3v) is 12.3. The van der Waals surface area contributed by atoms with Crippen LogP contribution in [0.25, 0.3) is 0 Å². The van der Waals surface area contributed by atoms with Gasteiger partial charge in [-0.15, -0.1) is 0 Å². The van der Waals surface area contributed by atoms with E-state index < -0.39 is 34.2 Å². The van der Waals surface area contributed by atoms with Crippen molar-refractivity contribution in [2.24, 2.45) is 50.2 Å². The Bertz CT molecular complexity index is 1010. The van der Waals surface area contributed by atoms with Crippen LogP contribution in [-0.2, 0) is 14.4 Å². The SMILES string of the molecule is CC1(C)CC[C@]2(C(=O)O)CC[C@]3(C)C(=CCC4[C@@](C)(CC(=O)O)[C@H](C(C)(C)C(=O)O)CC[C@]43C)C2C1. The third kappa shape index (κ3) is 3.52. The summed E-state index contributed by atoms with van der Waals surface area (Å²) in [5.41, 5.74) is -1.51. The lowest BCUT2D eigenvalue weighted by Gasteiger charge is -2.69. The average molecular weight is 503 g/mol. The fraction of sp³-hybridized carbons (Fsp3) is 0.833. The quantitative estimate of drug-likeness (QED) is 0.363. The van der Waals surface area contributed by atoms with Crippen molar-refractivity contribution in [3.05, 3.63) is 11.6 Å². The van der Waals surface area contributed by atoms with Crippen LogP contribution in [-0.4, -0.2) is 33.2 Å². The van der Waals surface area contributed by atoms with Gasteiger partial charge in [0.1, 0.15) is 0 Å². The molecule has 4 rings (SSSR count). The first-order chi connectivity index (χ1) is 16.4. The van der Waals surface area contributed by atoms with Crippen molar-refractivity contribution in [1.82, 2.24) is 0 Å². The van der Waals surface area contributed by atoms with E-state index in [0.717, 1.165) is 25.7 Å². The van der Waals surface area contributed by atoms with E-state index in [9.17, 15) is 29.7 Å². The minimum absolute atomic E-state index is 0.00538. The second-order valence-electron chi connectivity index (χ2n) is 14.8. The smallest absolute Gasteiger partial charge is 0.310 e. The fourth-order valence-corrected chi connectivity index (χ4v) is 9.90. The van der Waals surface area contributed by atoms with Crippen LogP contribution in [0.3, 0.4) is 0 Å². The fourth-order valence-electron chi connectivity index (χ4n) is 9.90. The van der Waals surface area contributed by atoms with Crippen molar-refractivity contribution in [2.45, 2.75) is 106 Å². The monoisotopic (exact) mass is 502 g/mol. The van der Waals surface area contributed by atoms with Gasteiger partial charge in [0.05, 0.1) is 17.3 Å². The summed E-state index contributed by atoms with van der Waals surface area (Å²) >= 11 is 0. The van der Waals surface area contributed by atoms with Crippen molar-refractivity contribution >= 4 is 17.9 Å². The summed E-state index contributed by atoms with van der Waals surface area (Å²) in [7, 11) is 0. The highest BCUT2D eigenvalue weighted by molar-refractivity contribution is 5.77. The predicted molar refractivity (Wildman–Crippen MR) is 137 cm³/mol. The molecule has 6 nitrogen and oxygen atoms in total. The van der Waals surface area contributed by atoms with E-state index in [1.54, 1.807) is 13.8 Å². The van der Waals surface area contributed by atoms with E-state index in [4.69, 9.17) is 0 Å². The first-order valence-electron chi connectivity index (χ1n) is 13.8. The Balaban J connectivity index is 1.86. The van der Waals surface area contributed by atoms with E-state index in [1.165, 1.54) is 5.57 Å². The maximum Gasteiger partial charge on any atom is 0.310 e. The van der Waals surface area contributed by atoms with Crippen LogP contribution in [0.5, 0.6) is 0 Å². The molecule has 0 saturated heterocycles. The van der Waals surface area contributed by atoms with Gasteiger partial charge in [-0.3, -0.25) is 14.4 Å². The number of carboxylic acids is 3. The summed E-state index contributed by atoms with van der Waals surface area (Å²) in [5, 5.41) is 30.6. The number of fused-ring (bicyclic) bond motifs is 5. The highest BCUT2D eigenvalue weighted by Crippen LogP contribution is 2.74. The first-order valence-corrected chi connectivity index (χ1v) is 13.8. The zero-order valence-electron chi connectivity index (χ0n) is 23.2. The number of rotatable bonds is 5. The molecule has 0 radical (unpaired) electrons. The maximum absolute atomic E-state index is 12.8. The van der Waals surface area contributed by atoms with E-state index >= 15 is 0 Å². The molecule has 3 N–H and O–H groups in total. The van der Waals surface area contributed by atoms with Gasteiger partial charge in [0.2, 0.25) is 0 Å². The minimum atomic E-state index is -1.03. The largest absolute Gasteiger partial charge is 0.481 e. The maximum atomic E-state index is 12.8. The lowest BCUT2D eigenvalue weighted by atomic mass is 9.34. The zero-order chi connectivity index (χ0) is 27.1. The molecule has 3 fully saturated rings. The number of hydrogen-bond acceptors (Lipinski definition) is 3. The molecule has 2 unspecified atom stereocenters. The molecule has 4 aliphatic carbocycles. The first kappa shape index (κ1) is 27.2. The molecule has 0 amide bonds. The van der Waals surface area contributed by atoms with Crippen molar-refractivity contribution in [3.63, 3.8) is 0 Å². The van der Waals surface area contributed by atoms with Crippen LogP contribution >= 0.6 is 0 Å². The van der Waals surface area contributed by atoms with Crippen LogP contribution in [0.2, 0.25) is 0 Å². The topological polar surface area (TPSA) is 112 Å². The van der Waals surface area contributed by atoms with Gasteiger partial charge >= 0.3 is 17.9 Å². The van der Waals surface area contributed by atoms with Crippen molar-refractivity contribution in [2.75, 3.05) is 0 Å². The lowest BCUT2D eigenvalue weighted by Crippen LogP contribution is -2.63. The van der Waals surface area contributed by atoms with Crippen LogP contribution in [0, 0.1) is 50.2 Å². The molecule has 7 atom stereocenters. The highest BCUT2D eigenvalue weighted by Gasteiger charge is 2.69. The normalized spacial score (nSPS) is 43.9. The Hall–Kier alpha value is -1.85. The highest BCUT2D eigenvalue weighted by atomic mass is 16.4. The Morgan fingerprint density at radius 3 is 2.11 bits per heavy atom. The second kappa shape index (κ2) is 8.07. The number of allylic oxidation sites excluding steroid dienone is 2. The molecule has 0 bridgehead atoms. The summed E-state index contributed by atoms with van der Waals surface area (Å²) < 4.78 is 0. The van der Waals surface area contributed by atoms with Gasteiger partial charge in [-0.05, 0) is 105 Å². The molecule has 0 aromatic carbocycles. The summed E-state index contributed by atoms with van der Waals surface area (Å²) in [6.07, 6.45) is 8.34. The van der Waals surface area contributed by atoms with Crippen LogP contribution in [0.1, 0.15) is 106 Å². The Kier molecular flexibility index (Phi) is 6.10. The predicted octanol–water partition coefficient (Wildman–Crippen LogP) is 6.64. The van der Waals surface area contributed by atoms with E-state index in [-0.39, 0.29) is 40.4 Å². The summed E-state index contributed by atoms with van der Waals surface area (Å²) in [5.74, 6) is -2.67. The van der Waals surface area contributed by atoms with E-state index in [1.807, 2.05) is 6.92 Å². The molecule has 0 aromatic heterocycles. The number of carboxylic acid groups (broad SMARTS) is 3. The van der Waals surface area contributed by atoms with Gasteiger partial charge in [0.25, 0.3) is 0 Å². The molecular formula is C30H46O6.